The number of likely N-dealkylation sites (tertiary alicyclic amines) is 1. The zero-order valence-corrected chi connectivity index (χ0v) is 12.7. The van der Waals surface area contributed by atoms with Gasteiger partial charge in [-0.15, -0.1) is 0 Å². The molecule has 1 aliphatic carbocycles. The van der Waals surface area contributed by atoms with Gasteiger partial charge < -0.3 is 21.1 Å². The summed E-state index contributed by atoms with van der Waals surface area (Å²) in [7, 11) is 0. The molecule has 1 amide bonds. The van der Waals surface area contributed by atoms with Crippen molar-refractivity contribution in [2.24, 2.45) is 17.1 Å². The first-order valence-electron chi connectivity index (χ1n) is 7.35. The molecule has 116 valence electrons. The third-order valence-corrected chi connectivity index (χ3v) is 4.66. The van der Waals surface area contributed by atoms with E-state index in [1.54, 1.807) is 0 Å². The zero-order valence-electron chi connectivity index (χ0n) is 12.7. The second kappa shape index (κ2) is 6.03. The van der Waals surface area contributed by atoms with E-state index in [0.29, 0.717) is 5.92 Å². The van der Waals surface area contributed by atoms with Crippen LogP contribution in [0.2, 0.25) is 0 Å². The molecule has 1 aliphatic heterocycles. The Kier molecular flexibility index (Phi) is 4.54. The van der Waals surface area contributed by atoms with Crippen LogP contribution in [0.15, 0.2) is 36.6 Å². The minimum atomic E-state index is -0.841. The number of nitrogens with zero attached hydrogens (tertiary/aromatic N) is 1. The van der Waals surface area contributed by atoms with E-state index in [0.717, 1.165) is 18.8 Å². The molecule has 2 aliphatic rings. The highest BCUT2D eigenvalue weighted by atomic mass is 16.3. The molecule has 0 bridgehead atoms. The minimum absolute atomic E-state index is 0.0777. The maximum Gasteiger partial charge on any atom is 0.239 e. The molecule has 1 saturated heterocycles. The second-order valence-corrected chi connectivity index (χ2v) is 6.16. The van der Waals surface area contributed by atoms with Crippen molar-refractivity contribution < 1.29 is 9.90 Å². The molecule has 0 radical (unpaired) electrons. The second-order valence-electron chi connectivity index (χ2n) is 6.16. The molecule has 0 aromatic rings. The summed E-state index contributed by atoms with van der Waals surface area (Å²) in [5.41, 5.74) is 6.48. The quantitative estimate of drug-likeness (QED) is 0.684. The Morgan fingerprint density at radius 1 is 1.57 bits per heavy atom. The van der Waals surface area contributed by atoms with Crippen molar-refractivity contribution in [3.05, 3.63) is 36.6 Å². The first kappa shape index (κ1) is 15.8. The Bertz CT molecular complexity index is 480. The Balaban J connectivity index is 1.87. The van der Waals surface area contributed by atoms with Crippen molar-refractivity contribution in [1.82, 2.24) is 10.2 Å². The first-order valence-corrected chi connectivity index (χ1v) is 7.35. The number of hydrogen-bond acceptors (Lipinski definition) is 4. The van der Waals surface area contributed by atoms with E-state index in [2.05, 4.69) is 54.9 Å². The van der Waals surface area contributed by atoms with Crippen LogP contribution in [0.3, 0.4) is 0 Å². The molecule has 5 heteroatoms. The molecular weight excluding hydrogens is 266 g/mol. The molecule has 2 unspecified atom stereocenters. The number of amides is 1. The van der Waals surface area contributed by atoms with Gasteiger partial charge in [-0.3, -0.25) is 4.79 Å². The Morgan fingerprint density at radius 2 is 2.24 bits per heavy atom. The van der Waals surface area contributed by atoms with Crippen LogP contribution < -0.4 is 11.1 Å². The lowest BCUT2D eigenvalue weighted by molar-refractivity contribution is -0.124. The molecule has 3 atom stereocenters. The summed E-state index contributed by atoms with van der Waals surface area (Å²) in [6.45, 7) is 9.77. The van der Waals surface area contributed by atoms with Gasteiger partial charge in [0.05, 0.1) is 12.6 Å². The number of carbonyl (C=O) groups excluding carboxylic acids is 1. The van der Waals surface area contributed by atoms with Crippen molar-refractivity contribution >= 4 is 5.91 Å². The predicted octanol–water partition coefficient (Wildman–Crippen LogP) is 0.389. The summed E-state index contributed by atoms with van der Waals surface area (Å²) in [4.78, 5) is 13.8. The van der Waals surface area contributed by atoms with Crippen LogP contribution in [0.1, 0.15) is 13.8 Å². The minimum Gasteiger partial charge on any atom is -0.394 e. The summed E-state index contributed by atoms with van der Waals surface area (Å²) in [5.74, 6) is 0.0966. The fourth-order valence-corrected chi connectivity index (χ4v) is 2.72. The van der Waals surface area contributed by atoms with Crippen LogP contribution in [0.4, 0.5) is 0 Å². The van der Waals surface area contributed by atoms with Gasteiger partial charge in [-0.1, -0.05) is 44.7 Å². The van der Waals surface area contributed by atoms with Gasteiger partial charge in [0, 0.05) is 24.2 Å². The van der Waals surface area contributed by atoms with E-state index < -0.39 is 6.04 Å². The van der Waals surface area contributed by atoms with Crippen LogP contribution in [-0.2, 0) is 4.79 Å². The number of carbonyl (C=O) groups is 1. The molecule has 5 nitrogen and oxygen atoms in total. The van der Waals surface area contributed by atoms with Gasteiger partial charge in [0.25, 0.3) is 0 Å². The standard InChI is InChI=1S/C16H25N3O2/c1-11-6-4-5-7-16(11,3)12(2)19-8-13(9-19)18-15(21)14(17)10-20/h4-7,11,13-14,20H,2,8-10,17H2,1,3H3,(H,18,21)/t11?,14-,16?/m0/s1. The van der Waals surface area contributed by atoms with Crippen molar-refractivity contribution in [3.8, 4) is 0 Å². The molecule has 0 aromatic carbocycles. The lowest BCUT2D eigenvalue weighted by Crippen LogP contribution is -2.62. The van der Waals surface area contributed by atoms with Crippen molar-refractivity contribution in [2.45, 2.75) is 25.9 Å². The molecule has 0 aromatic heterocycles. The average Bonchev–Trinajstić information content (AvgIpc) is 2.43. The monoisotopic (exact) mass is 291 g/mol. The van der Waals surface area contributed by atoms with Gasteiger partial charge in [-0.25, -0.2) is 0 Å². The van der Waals surface area contributed by atoms with Gasteiger partial charge in [0.15, 0.2) is 0 Å². The molecule has 0 spiro atoms. The topological polar surface area (TPSA) is 78.6 Å². The molecule has 4 N–H and O–H groups in total. The van der Waals surface area contributed by atoms with Crippen molar-refractivity contribution in [1.29, 1.82) is 0 Å². The summed E-state index contributed by atoms with van der Waals surface area (Å²) in [6, 6.07) is -0.764. The molecule has 21 heavy (non-hydrogen) atoms. The lowest BCUT2D eigenvalue weighted by Gasteiger charge is -2.49. The van der Waals surface area contributed by atoms with E-state index in [9.17, 15) is 4.79 Å². The number of nitrogens with two attached hydrogens (primary N) is 1. The normalized spacial score (nSPS) is 29.9. The molecule has 1 heterocycles. The largest absolute Gasteiger partial charge is 0.394 e. The summed E-state index contributed by atoms with van der Waals surface area (Å²) in [5, 5.41) is 11.7. The number of rotatable bonds is 5. The van der Waals surface area contributed by atoms with E-state index in [1.165, 1.54) is 0 Å². The summed E-state index contributed by atoms with van der Waals surface area (Å²) >= 11 is 0. The molecule has 1 fully saturated rings. The third-order valence-electron chi connectivity index (χ3n) is 4.66. The van der Waals surface area contributed by atoms with Crippen LogP contribution in [-0.4, -0.2) is 47.7 Å². The number of hydrogen-bond donors (Lipinski definition) is 3. The summed E-state index contributed by atoms with van der Waals surface area (Å²) in [6.07, 6.45) is 8.50. The number of aliphatic hydroxyl groups is 1. The van der Waals surface area contributed by atoms with Gasteiger partial charge >= 0.3 is 0 Å². The van der Waals surface area contributed by atoms with E-state index in [-0.39, 0.29) is 24.0 Å². The van der Waals surface area contributed by atoms with Crippen LogP contribution >= 0.6 is 0 Å². The first-order chi connectivity index (χ1) is 9.88. The smallest absolute Gasteiger partial charge is 0.239 e. The SMILES string of the molecule is C=C(N1CC(NC(=O)[C@@H](N)CO)C1)C1(C)C=CC=CC1C. The fraction of sp³-hybridized carbons (Fsp3) is 0.562. The number of aliphatic hydroxyl groups excluding tert-OH is 1. The van der Waals surface area contributed by atoms with Crippen molar-refractivity contribution in [2.75, 3.05) is 19.7 Å². The van der Waals surface area contributed by atoms with Crippen LogP contribution in [0.5, 0.6) is 0 Å². The molecule has 2 rings (SSSR count). The Morgan fingerprint density at radius 3 is 2.81 bits per heavy atom. The predicted molar refractivity (Wildman–Crippen MR) is 83.3 cm³/mol. The highest BCUT2D eigenvalue weighted by Gasteiger charge is 2.39. The zero-order chi connectivity index (χ0) is 15.6. The van der Waals surface area contributed by atoms with E-state index in [1.807, 2.05) is 0 Å². The highest BCUT2D eigenvalue weighted by molar-refractivity contribution is 5.82. The van der Waals surface area contributed by atoms with Gasteiger partial charge in [-0.2, -0.15) is 0 Å². The van der Waals surface area contributed by atoms with E-state index in [4.69, 9.17) is 10.8 Å². The number of allylic oxidation sites excluding steroid dienone is 4. The highest BCUT2D eigenvalue weighted by Crippen LogP contribution is 2.41. The van der Waals surface area contributed by atoms with Gasteiger partial charge in [0.1, 0.15) is 6.04 Å². The Labute approximate surface area is 126 Å². The summed E-state index contributed by atoms with van der Waals surface area (Å²) < 4.78 is 0. The van der Waals surface area contributed by atoms with Gasteiger partial charge in [0.2, 0.25) is 5.91 Å². The third kappa shape index (κ3) is 3.04. The maximum atomic E-state index is 11.6. The molecular formula is C16H25N3O2. The lowest BCUT2D eigenvalue weighted by atomic mass is 9.72. The van der Waals surface area contributed by atoms with E-state index >= 15 is 0 Å². The average molecular weight is 291 g/mol. The van der Waals surface area contributed by atoms with Gasteiger partial charge in [-0.05, 0) is 5.92 Å². The van der Waals surface area contributed by atoms with Crippen LogP contribution in [0, 0.1) is 11.3 Å². The van der Waals surface area contributed by atoms with Crippen molar-refractivity contribution in [3.63, 3.8) is 0 Å². The molecule has 0 saturated carbocycles. The number of nitrogens with one attached hydrogen (secondary N) is 1. The fourth-order valence-electron chi connectivity index (χ4n) is 2.72. The van der Waals surface area contributed by atoms with Crippen LogP contribution in [0.25, 0.3) is 0 Å². The maximum absolute atomic E-state index is 11.6. The Hall–Kier alpha value is -1.59.